The Morgan fingerprint density at radius 3 is 2.73 bits per heavy atom. The van der Waals surface area contributed by atoms with E-state index in [2.05, 4.69) is 17.5 Å². The fraction of sp³-hybridized carbons (Fsp3) is 0.800. The van der Waals surface area contributed by atoms with E-state index in [-0.39, 0.29) is 0 Å². The number of allylic oxidation sites excluding steroid dienone is 1. The molecule has 0 aromatic rings. The molecule has 0 aromatic heterocycles. The summed E-state index contributed by atoms with van der Waals surface area (Å²) in [5.74, 6) is 0. The Morgan fingerprint density at radius 2 is 2.09 bits per heavy atom. The lowest BCUT2D eigenvalue weighted by atomic mass is 9.74. The smallest absolute Gasteiger partial charge is 0.00425 e. The minimum atomic E-state index is 0.566. The van der Waals surface area contributed by atoms with Gasteiger partial charge in [0.2, 0.25) is 0 Å². The summed E-state index contributed by atoms with van der Waals surface area (Å²) in [5.41, 5.74) is 0.566. The first-order valence-electron chi connectivity index (χ1n) is 4.80. The van der Waals surface area contributed by atoms with Crippen LogP contribution in [0.1, 0.15) is 32.1 Å². The zero-order valence-electron chi connectivity index (χ0n) is 7.10. The van der Waals surface area contributed by atoms with Crippen molar-refractivity contribution in [2.45, 2.75) is 32.1 Å². The molecule has 1 aliphatic carbocycles. The molecule has 2 aliphatic rings. The topological polar surface area (TPSA) is 12.0 Å². The molecule has 1 nitrogen and oxygen atoms in total. The first-order valence-corrected chi connectivity index (χ1v) is 4.80. The second-order valence-corrected chi connectivity index (χ2v) is 3.94. The third kappa shape index (κ3) is 1.48. The average Bonchev–Trinajstić information content (AvgIpc) is 2.07. The highest BCUT2D eigenvalue weighted by Crippen LogP contribution is 2.36. The van der Waals surface area contributed by atoms with Gasteiger partial charge in [-0.05, 0) is 38.6 Å². The third-order valence-electron chi connectivity index (χ3n) is 3.02. The molecular weight excluding hydrogens is 134 g/mol. The molecule has 0 aromatic carbocycles. The van der Waals surface area contributed by atoms with Crippen LogP contribution in [0.15, 0.2) is 12.2 Å². The highest BCUT2D eigenvalue weighted by atomic mass is 14.9. The third-order valence-corrected chi connectivity index (χ3v) is 3.02. The molecule has 0 saturated carbocycles. The van der Waals surface area contributed by atoms with Crippen molar-refractivity contribution in [2.75, 3.05) is 13.1 Å². The van der Waals surface area contributed by atoms with E-state index < -0.39 is 0 Å². The molecule has 0 bridgehead atoms. The van der Waals surface area contributed by atoms with Gasteiger partial charge in [-0.3, -0.25) is 0 Å². The van der Waals surface area contributed by atoms with Crippen LogP contribution in [-0.4, -0.2) is 13.1 Å². The van der Waals surface area contributed by atoms with E-state index >= 15 is 0 Å². The summed E-state index contributed by atoms with van der Waals surface area (Å²) in [6, 6.07) is 0. The quantitative estimate of drug-likeness (QED) is 0.523. The molecule has 11 heavy (non-hydrogen) atoms. The zero-order chi connectivity index (χ0) is 7.57. The van der Waals surface area contributed by atoms with Crippen LogP contribution < -0.4 is 5.32 Å². The maximum atomic E-state index is 3.49. The summed E-state index contributed by atoms with van der Waals surface area (Å²) >= 11 is 0. The number of hydrogen-bond acceptors (Lipinski definition) is 1. The Hall–Kier alpha value is -0.300. The molecule has 2 rings (SSSR count). The summed E-state index contributed by atoms with van der Waals surface area (Å²) < 4.78 is 0. The summed E-state index contributed by atoms with van der Waals surface area (Å²) in [7, 11) is 0. The van der Waals surface area contributed by atoms with Gasteiger partial charge in [0.15, 0.2) is 0 Å². The molecule has 1 heteroatoms. The van der Waals surface area contributed by atoms with Crippen molar-refractivity contribution < 1.29 is 0 Å². The van der Waals surface area contributed by atoms with Crippen LogP contribution in [0.5, 0.6) is 0 Å². The minimum absolute atomic E-state index is 0.566. The van der Waals surface area contributed by atoms with Crippen LogP contribution in [0.3, 0.4) is 0 Å². The molecule has 1 spiro atoms. The average molecular weight is 151 g/mol. The highest BCUT2D eigenvalue weighted by molar-refractivity contribution is 5.05. The summed E-state index contributed by atoms with van der Waals surface area (Å²) in [6.45, 7) is 2.46. The molecule has 1 atom stereocenters. The molecule has 1 unspecified atom stereocenters. The Kier molecular flexibility index (Phi) is 1.99. The van der Waals surface area contributed by atoms with Crippen molar-refractivity contribution in [1.82, 2.24) is 5.32 Å². The van der Waals surface area contributed by atoms with E-state index in [9.17, 15) is 0 Å². The first-order chi connectivity index (χ1) is 5.41. The second kappa shape index (κ2) is 2.98. The minimum Gasteiger partial charge on any atom is -0.316 e. The van der Waals surface area contributed by atoms with Gasteiger partial charge >= 0.3 is 0 Å². The Bertz CT molecular complexity index is 154. The maximum absolute atomic E-state index is 3.49. The molecule has 62 valence electrons. The van der Waals surface area contributed by atoms with Crippen molar-refractivity contribution in [2.24, 2.45) is 5.41 Å². The van der Waals surface area contributed by atoms with Crippen molar-refractivity contribution in [3.63, 3.8) is 0 Å². The SMILES string of the molecule is C1=CC2(CCC1)CCCNC2. The van der Waals surface area contributed by atoms with Gasteiger partial charge in [0, 0.05) is 12.0 Å². The van der Waals surface area contributed by atoms with Crippen LogP contribution in [0.4, 0.5) is 0 Å². The Morgan fingerprint density at radius 1 is 1.18 bits per heavy atom. The van der Waals surface area contributed by atoms with Gasteiger partial charge in [-0.25, -0.2) is 0 Å². The number of rotatable bonds is 0. The first kappa shape index (κ1) is 7.35. The van der Waals surface area contributed by atoms with Gasteiger partial charge in [0.1, 0.15) is 0 Å². The normalized spacial score (nSPS) is 37.8. The molecule has 0 amide bonds. The monoisotopic (exact) mass is 151 g/mol. The second-order valence-electron chi connectivity index (χ2n) is 3.94. The summed E-state index contributed by atoms with van der Waals surface area (Å²) in [4.78, 5) is 0. The van der Waals surface area contributed by atoms with E-state index in [0.29, 0.717) is 5.41 Å². The van der Waals surface area contributed by atoms with Gasteiger partial charge in [0.25, 0.3) is 0 Å². The van der Waals surface area contributed by atoms with Crippen molar-refractivity contribution in [1.29, 1.82) is 0 Å². The van der Waals surface area contributed by atoms with Crippen molar-refractivity contribution in [3.05, 3.63) is 12.2 Å². The molecule has 1 saturated heterocycles. The van der Waals surface area contributed by atoms with E-state index in [1.54, 1.807) is 0 Å². The van der Waals surface area contributed by atoms with Gasteiger partial charge in [0.05, 0.1) is 0 Å². The standard InChI is InChI=1S/C10H17N/c1-2-5-10(6-3-1)7-4-8-11-9-10/h2,5,11H,1,3-4,6-9H2. The van der Waals surface area contributed by atoms with Gasteiger partial charge in [-0.1, -0.05) is 12.2 Å². The predicted molar refractivity (Wildman–Crippen MR) is 47.5 cm³/mol. The largest absolute Gasteiger partial charge is 0.316 e. The molecule has 1 fully saturated rings. The molecule has 1 heterocycles. The number of hydrogen-bond donors (Lipinski definition) is 1. The molecule has 0 radical (unpaired) electrons. The van der Waals surface area contributed by atoms with Crippen molar-refractivity contribution >= 4 is 0 Å². The van der Waals surface area contributed by atoms with Gasteiger partial charge in [-0.2, -0.15) is 0 Å². The fourth-order valence-corrected chi connectivity index (χ4v) is 2.34. The van der Waals surface area contributed by atoms with Crippen LogP contribution in [-0.2, 0) is 0 Å². The number of nitrogens with one attached hydrogen (secondary N) is 1. The molecule has 1 N–H and O–H groups in total. The Labute approximate surface area is 68.9 Å². The zero-order valence-corrected chi connectivity index (χ0v) is 7.10. The summed E-state index contributed by atoms with van der Waals surface area (Å²) in [6.07, 6.45) is 11.7. The fourth-order valence-electron chi connectivity index (χ4n) is 2.34. The molecule has 1 aliphatic heterocycles. The van der Waals surface area contributed by atoms with E-state index in [1.807, 2.05) is 0 Å². The predicted octanol–water partition coefficient (Wildman–Crippen LogP) is 2.10. The lowest BCUT2D eigenvalue weighted by Crippen LogP contribution is -2.39. The van der Waals surface area contributed by atoms with E-state index in [0.717, 1.165) is 0 Å². The van der Waals surface area contributed by atoms with Crippen LogP contribution in [0, 0.1) is 5.41 Å². The highest BCUT2D eigenvalue weighted by Gasteiger charge is 2.29. The van der Waals surface area contributed by atoms with Crippen molar-refractivity contribution in [3.8, 4) is 0 Å². The van der Waals surface area contributed by atoms with Crippen LogP contribution in [0.25, 0.3) is 0 Å². The van der Waals surface area contributed by atoms with Crippen LogP contribution >= 0.6 is 0 Å². The van der Waals surface area contributed by atoms with Gasteiger partial charge < -0.3 is 5.32 Å². The lowest BCUT2D eigenvalue weighted by molar-refractivity contribution is 0.245. The summed E-state index contributed by atoms with van der Waals surface area (Å²) in [5, 5.41) is 3.49. The van der Waals surface area contributed by atoms with Crippen LogP contribution in [0.2, 0.25) is 0 Å². The Balaban J connectivity index is 2.06. The van der Waals surface area contributed by atoms with Gasteiger partial charge in [-0.15, -0.1) is 0 Å². The van der Waals surface area contributed by atoms with E-state index in [1.165, 1.54) is 45.2 Å². The van der Waals surface area contributed by atoms with E-state index in [4.69, 9.17) is 0 Å². The number of piperidine rings is 1. The molecular formula is C10H17N. The lowest BCUT2D eigenvalue weighted by Gasteiger charge is -2.37. The maximum Gasteiger partial charge on any atom is 0.00425 e.